The highest BCUT2D eigenvalue weighted by atomic mass is 15.6. The molecular weight excluding hydrogens is 210 g/mol. The van der Waals surface area contributed by atoms with Crippen molar-refractivity contribution in [2.75, 3.05) is 44.8 Å². The minimum absolute atomic E-state index is 1.10. The molecule has 1 aliphatic rings. The molecule has 3 heteroatoms. The van der Waals surface area contributed by atoms with Gasteiger partial charge in [0.15, 0.2) is 0 Å². The Labute approximate surface area is 105 Å². The average Bonchev–Trinajstić information content (AvgIpc) is 2.38. The van der Waals surface area contributed by atoms with Gasteiger partial charge in [-0.2, -0.15) is 0 Å². The first-order chi connectivity index (χ1) is 8.31. The number of benzene rings is 1. The summed E-state index contributed by atoms with van der Waals surface area (Å²) >= 11 is 0. The number of nitrogens with zero attached hydrogens (tertiary/aromatic N) is 3. The highest BCUT2D eigenvalue weighted by Gasteiger charge is 2.19. The summed E-state index contributed by atoms with van der Waals surface area (Å²) in [5, 5.41) is 4.92. The van der Waals surface area contributed by atoms with Crippen molar-refractivity contribution >= 4 is 5.69 Å². The molecular formula is C14H23N3. The van der Waals surface area contributed by atoms with Crippen LogP contribution in [0.4, 0.5) is 5.69 Å². The normalized spacial score (nSPS) is 18.2. The molecule has 0 radical (unpaired) electrons. The van der Waals surface area contributed by atoms with Gasteiger partial charge in [-0.25, -0.2) is 5.01 Å². The van der Waals surface area contributed by atoms with Gasteiger partial charge in [-0.1, -0.05) is 25.1 Å². The minimum Gasteiger partial charge on any atom is -0.306 e. The van der Waals surface area contributed by atoms with Gasteiger partial charge in [-0.3, -0.25) is 0 Å². The molecule has 0 aromatic heterocycles. The Morgan fingerprint density at radius 2 is 1.71 bits per heavy atom. The summed E-state index contributed by atoms with van der Waals surface area (Å²) in [6, 6.07) is 10.7. The molecule has 1 saturated heterocycles. The second-order valence-electron chi connectivity index (χ2n) is 4.72. The molecule has 0 aliphatic carbocycles. The summed E-state index contributed by atoms with van der Waals surface area (Å²) < 4.78 is 0. The van der Waals surface area contributed by atoms with Crippen LogP contribution in [0.25, 0.3) is 0 Å². The largest absolute Gasteiger partial charge is 0.306 e. The smallest absolute Gasteiger partial charge is 0.0522 e. The highest BCUT2D eigenvalue weighted by molar-refractivity contribution is 5.44. The molecule has 0 unspecified atom stereocenters. The molecule has 0 bridgehead atoms. The van der Waals surface area contributed by atoms with E-state index >= 15 is 0 Å². The Balaban J connectivity index is 2.07. The first-order valence-corrected chi connectivity index (χ1v) is 6.57. The van der Waals surface area contributed by atoms with Gasteiger partial charge in [-0.05, 0) is 25.6 Å². The standard InChI is InChI=1S/C14H23N3/c1-3-9-17(14-7-5-4-6-8-14)16-12-10-15(2)11-13-16/h4-8H,3,9-13H2,1-2H3. The summed E-state index contributed by atoms with van der Waals surface area (Å²) in [5.74, 6) is 0. The van der Waals surface area contributed by atoms with Crippen LogP contribution in [0.2, 0.25) is 0 Å². The number of hydrogen-bond acceptors (Lipinski definition) is 3. The number of hydrogen-bond donors (Lipinski definition) is 0. The van der Waals surface area contributed by atoms with Gasteiger partial charge in [0.2, 0.25) is 0 Å². The Kier molecular flexibility index (Phi) is 4.40. The third kappa shape index (κ3) is 3.20. The number of piperazine rings is 1. The fraction of sp³-hybridized carbons (Fsp3) is 0.571. The molecule has 1 aromatic carbocycles. The van der Waals surface area contributed by atoms with Crippen molar-refractivity contribution < 1.29 is 0 Å². The van der Waals surface area contributed by atoms with Crippen molar-refractivity contribution in [3.05, 3.63) is 30.3 Å². The van der Waals surface area contributed by atoms with Crippen LogP contribution in [-0.4, -0.2) is 49.7 Å². The zero-order chi connectivity index (χ0) is 12.1. The van der Waals surface area contributed by atoms with E-state index in [4.69, 9.17) is 0 Å². The molecule has 0 spiro atoms. The lowest BCUT2D eigenvalue weighted by Gasteiger charge is -2.41. The van der Waals surface area contributed by atoms with Gasteiger partial charge in [0.25, 0.3) is 0 Å². The van der Waals surface area contributed by atoms with E-state index in [1.807, 2.05) is 0 Å². The lowest BCUT2D eigenvalue weighted by molar-refractivity contribution is 0.141. The maximum atomic E-state index is 2.48. The molecule has 0 saturated carbocycles. The van der Waals surface area contributed by atoms with Crippen LogP contribution in [0.3, 0.4) is 0 Å². The molecule has 94 valence electrons. The van der Waals surface area contributed by atoms with Crippen LogP contribution in [-0.2, 0) is 0 Å². The van der Waals surface area contributed by atoms with Gasteiger partial charge in [0.1, 0.15) is 0 Å². The summed E-state index contributed by atoms with van der Waals surface area (Å²) in [4.78, 5) is 2.39. The molecule has 0 amide bonds. The average molecular weight is 233 g/mol. The van der Waals surface area contributed by atoms with Crippen LogP contribution in [0.15, 0.2) is 30.3 Å². The molecule has 1 aliphatic heterocycles. The molecule has 17 heavy (non-hydrogen) atoms. The number of hydrazine groups is 1. The number of rotatable bonds is 4. The minimum atomic E-state index is 1.10. The predicted octanol–water partition coefficient (Wildman–Crippen LogP) is 2.07. The van der Waals surface area contributed by atoms with E-state index in [0.29, 0.717) is 0 Å². The highest BCUT2D eigenvalue weighted by Crippen LogP contribution is 2.17. The monoisotopic (exact) mass is 233 g/mol. The molecule has 1 fully saturated rings. The van der Waals surface area contributed by atoms with Crippen molar-refractivity contribution in [1.29, 1.82) is 0 Å². The molecule has 0 atom stereocenters. The van der Waals surface area contributed by atoms with E-state index in [1.54, 1.807) is 0 Å². The number of para-hydroxylation sites is 1. The van der Waals surface area contributed by atoms with E-state index in [0.717, 1.165) is 32.7 Å². The van der Waals surface area contributed by atoms with Crippen molar-refractivity contribution in [3.8, 4) is 0 Å². The Hall–Kier alpha value is -1.06. The van der Waals surface area contributed by atoms with Crippen LogP contribution < -0.4 is 5.01 Å². The maximum Gasteiger partial charge on any atom is 0.0522 e. The quantitative estimate of drug-likeness (QED) is 0.788. The van der Waals surface area contributed by atoms with E-state index in [1.165, 1.54) is 12.1 Å². The Morgan fingerprint density at radius 3 is 2.29 bits per heavy atom. The third-order valence-corrected chi connectivity index (χ3v) is 3.31. The zero-order valence-electron chi connectivity index (χ0n) is 11.0. The molecule has 1 aromatic rings. The van der Waals surface area contributed by atoms with Crippen LogP contribution >= 0.6 is 0 Å². The van der Waals surface area contributed by atoms with Crippen molar-refractivity contribution in [1.82, 2.24) is 9.91 Å². The summed E-state index contributed by atoms with van der Waals surface area (Å²) in [6.07, 6.45) is 1.18. The van der Waals surface area contributed by atoms with E-state index in [9.17, 15) is 0 Å². The zero-order valence-corrected chi connectivity index (χ0v) is 11.0. The molecule has 0 N–H and O–H groups in total. The summed E-state index contributed by atoms with van der Waals surface area (Å²) in [5.41, 5.74) is 1.32. The van der Waals surface area contributed by atoms with E-state index in [2.05, 4.69) is 59.2 Å². The predicted molar refractivity (Wildman–Crippen MR) is 73.1 cm³/mol. The maximum absolute atomic E-state index is 2.48. The van der Waals surface area contributed by atoms with Crippen LogP contribution in [0, 0.1) is 0 Å². The van der Waals surface area contributed by atoms with Crippen LogP contribution in [0.5, 0.6) is 0 Å². The van der Waals surface area contributed by atoms with Gasteiger partial charge in [-0.15, -0.1) is 0 Å². The SMILES string of the molecule is CCCN(c1ccccc1)N1CCN(C)CC1. The molecule has 1 heterocycles. The molecule has 3 nitrogen and oxygen atoms in total. The summed E-state index contributed by atoms with van der Waals surface area (Å²) in [7, 11) is 2.20. The fourth-order valence-electron chi connectivity index (χ4n) is 2.28. The lowest BCUT2D eigenvalue weighted by Crippen LogP contribution is -2.53. The van der Waals surface area contributed by atoms with Crippen molar-refractivity contribution in [2.24, 2.45) is 0 Å². The van der Waals surface area contributed by atoms with Gasteiger partial charge in [0.05, 0.1) is 5.69 Å². The first kappa shape index (κ1) is 12.4. The Bertz CT molecular complexity index is 317. The third-order valence-electron chi connectivity index (χ3n) is 3.31. The number of anilines is 1. The van der Waals surface area contributed by atoms with Crippen molar-refractivity contribution in [3.63, 3.8) is 0 Å². The second kappa shape index (κ2) is 6.03. The number of likely N-dealkylation sites (N-methyl/N-ethyl adjacent to an activating group) is 1. The Morgan fingerprint density at radius 1 is 1.06 bits per heavy atom. The van der Waals surface area contributed by atoms with Gasteiger partial charge in [0, 0.05) is 32.7 Å². The molecule has 2 rings (SSSR count). The fourth-order valence-corrected chi connectivity index (χ4v) is 2.28. The summed E-state index contributed by atoms with van der Waals surface area (Å²) in [6.45, 7) is 7.93. The van der Waals surface area contributed by atoms with Crippen LogP contribution in [0.1, 0.15) is 13.3 Å². The van der Waals surface area contributed by atoms with Gasteiger partial charge >= 0.3 is 0 Å². The van der Waals surface area contributed by atoms with E-state index in [-0.39, 0.29) is 0 Å². The lowest BCUT2D eigenvalue weighted by atomic mass is 10.3. The second-order valence-corrected chi connectivity index (χ2v) is 4.72. The van der Waals surface area contributed by atoms with Crippen molar-refractivity contribution in [2.45, 2.75) is 13.3 Å². The van der Waals surface area contributed by atoms with E-state index < -0.39 is 0 Å². The topological polar surface area (TPSA) is 9.72 Å². The first-order valence-electron chi connectivity index (χ1n) is 6.57. The van der Waals surface area contributed by atoms with Gasteiger partial charge < -0.3 is 9.91 Å².